The van der Waals surface area contributed by atoms with Crippen LogP contribution in [0.4, 0.5) is 5.88 Å². The van der Waals surface area contributed by atoms with Gasteiger partial charge in [-0.2, -0.15) is 5.10 Å². The zero-order valence-electron chi connectivity index (χ0n) is 10.0. The van der Waals surface area contributed by atoms with E-state index in [0.29, 0.717) is 11.0 Å². The van der Waals surface area contributed by atoms with Crippen LogP contribution in [0.25, 0.3) is 0 Å². The van der Waals surface area contributed by atoms with Crippen molar-refractivity contribution in [1.29, 1.82) is 0 Å². The molecular formula is C10H14N4O3S. The molecule has 0 saturated carbocycles. The Morgan fingerprint density at radius 1 is 1.67 bits per heavy atom. The van der Waals surface area contributed by atoms with E-state index in [-0.39, 0.29) is 11.6 Å². The van der Waals surface area contributed by atoms with Crippen LogP contribution in [0.1, 0.15) is 19.6 Å². The summed E-state index contributed by atoms with van der Waals surface area (Å²) in [4.78, 5) is 9.75. The molecule has 0 spiro atoms. The molecule has 1 aromatic rings. The van der Waals surface area contributed by atoms with Crippen molar-refractivity contribution in [1.82, 2.24) is 10.7 Å². The summed E-state index contributed by atoms with van der Waals surface area (Å²) < 4.78 is 4.87. The Kier molecular flexibility index (Phi) is 5.25. The van der Waals surface area contributed by atoms with Crippen LogP contribution < -0.4 is 10.7 Å². The number of hydrazone groups is 1. The highest BCUT2D eigenvalue weighted by Crippen LogP contribution is 2.13. The molecule has 0 radical (unpaired) electrons. The molecule has 1 rings (SSSR count). The van der Waals surface area contributed by atoms with Gasteiger partial charge in [0.25, 0.3) is 0 Å². The van der Waals surface area contributed by atoms with Crippen LogP contribution in [0.3, 0.4) is 0 Å². The van der Waals surface area contributed by atoms with Crippen molar-refractivity contribution < 1.29 is 9.34 Å². The predicted octanol–water partition coefficient (Wildman–Crippen LogP) is 1.64. The molecule has 0 aromatic carbocycles. The van der Waals surface area contributed by atoms with E-state index in [1.165, 1.54) is 18.3 Å². The minimum atomic E-state index is -0.612. The van der Waals surface area contributed by atoms with Gasteiger partial charge in [0.15, 0.2) is 10.9 Å². The topological polar surface area (TPSA) is 92.7 Å². The Labute approximate surface area is 109 Å². The van der Waals surface area contributed by atoms with E-state index in [0.717, 1.165) is 6.54 Å². The highest BCUT2D eigenvalue weighted by atomic mass is 32.1. The maximum absolute atomic E-state index is 10.4. The number of nitrogens with one attached hydrogen (secondary N) is 2. The summed E-state index contributed by atoms with van der Waals surface area (Å²) in [6.45, 7) is 4.86. The second-order valence-electron chi connectivity index (χ2n) is 3.91. The van der Waals surface area contributed by atoms with E-state index in [9.17, 15) is 10.1 Å². The second-order valence-corrected chi connectivity index (χ2v) is 4.32. The smallest absolute Gasteiger partial charge is 0.400 e. The summed E-state index contributed by atoms with van der Waals surface area (Å²) in [5.74, 6) is 0.430. The highest BCUT2D eigenvalue weighted by Gasteiger charge is 2.10. The van der Waals surface area contributed by atoms with Crippen LogP contribution in [0, 0.1) is 16.0 Å². The van der Waals surface area contributed by atoms with Gasteiger partial charge in [0.2, 0.25) is 0 Å². The van der Waals surface area contributed by atoms with Crippen molar-refractivity contribution in [2.24, 2.45) is 11.0 Å². The van der Waals surface area contributed by atoms with Gasteiger partial charge >= 0.3 is 5.88 Å². The number of nitrogens with zero attached hydrogens (tertiary/aromatic N) is 2. The molecule has 0 aliphatic heterocycles. The highest BCUT2D eigenvalue weighted by molar-refractivity contribution is 7.80. The fourth-order valence-corrected chi connectivity index (χ4v) is 1.14. The van der Waals surface area contributed by atoms with Crippen molar-refractivity contribution in [2.45, 2.75) is 13.8 Å². The molecule has 18 heavy (non-hydrogen) atoms. The Bertz CT molecular complexity index is 456. The number of rotatable bonds is 5. The average molecular weight is 270 g/mol. The first kappa shape index (κ1) is 14.1. The minimum absolute atomic E-state index is 0.279. The van der Waals surface area contributed by atoms with Gasteiger partial charge in [-0.05, 0) is 24.2 Å². The lowest BCUT2D eigenvalue weighted by Crippen LogP contribution is -2.34. The molecule has 2 N–H and O–H groups in total. The van der Waals surface area contributed by atoms with E-state index in [1.54, 1.807) is 0 Å². The SMILES string of the molecule is CC(C)CNC(=S)NN=Cc1ccc([N+](=O)[O-])o1. The largest absolute Gasteiger partial charge is 0.433 e. The van der Waals surface area contributed by atoms with Crippen molar-refractivity contribution >= 4 is 29.4 Å². The van der Waals surface area contributed by atoms with E-state index < -0.39 is 4.92 Å². The summed E-state index contributed by atoms with van der Waals surface area (Å²) >= 11 is 4.96. The van der Waals surface area contributed by atoms with Crippen LogP contribution in [-0.2, 0) is 0 Å². The van der Waals surface area contributed by atoms with Crippen LogP contribution in [0.2, 0.25) is 0 Å². The second kappa shape index (κ2) is 6.70. The van der Waals surface area contributed by atoms with Crippen LogP contribution in [0.5, 0.6) is 0 Å². The van der Waals surface area contributed by atoms with Gasteiger partial charge in [-0.25, -0.2) is 0 Å². The van der Waals surface area contributed by atoms with E-state index in [1.807, 2.05) is 0 Å². The van der Waals surface area contributed by atoms with Crippen molar-refractivity contribution in [3.63, 3.8) is 0 Å². The molecule has 1 aromatic heterocycles. The van der Waals surface area contributed by atoms with Gasteiger partial charge in [-0.3, -0.25) is 15.5 Å². The van der Waals surface area contributed by atoms with Gasteiger partial charge in [-0.15, -0.1) is 0 Å². The maximum atomic E-state index is 10.4. The first-order chi connectivity index (χ1) is 8.49. The molecule has 0 fully saturated rings. The Morgan fingerprint density at radius 2 is 2.39 bits per heavy atom. The molecule has 0 aliphatic rings. The van der Waals surface area contributed by atoms with Gasteiger partial charge < -0.3 is 9.73 Å². The summed E-state index contributed by atoms with van der Waals surface area (Å²) in [6, 6.07) is 2.71. The van der Waals surface area contributed by atoms with E-state index in [2.05, 4.69) is 29.7 Å². The fourth-order valence-electron chi connectivity index (χ4n) is 1.00. The zero-order valence-corrected chi connectivity index (χ0v) is 10.9. The zero-order chi connectivity index (χ0) is 13.5. The van der Waals surface area contributed by atoms with Crippen LogP contribution in [-0.4, -0.2) is 22.8 Å². The number of furan rings is 1. The fraction of sp³-hybridized carbons (Fsp3) is 0.400. The van der Waals surface area contributed by atoms with Gasteiger partial charge in [0.1, 0.15) is 4.92 Å². The number of thiocarbonyl (C=S) groups is 1. The summed E-state index contributed by atoms with van der Waals surface area (Å²) in [5.41, 5.74) is 2.58. The molecule has 0 amide bonds. The van der Waals surface area contributed by atoms with E-state index >= 15 is 0 Å². The standard InChI is InChI=1S/C10H14N4O3S/c1-7(2)5-11-10(18)13-12-6-8-3-4-9(17-8)14(15)16/h3-4,6-7H,5H2,1-2H3,(H2,11,13,18). The third-order valence-electron chi connectivity index (χ3n) is 1.82. The van der Waals surface area contributed by atoms with Gasteiger partial charge in [-0.1, -0.05) is 13.8 Å². The third-order valence-corrected chi connectivity index (χ3v) is 2.06. The molecule has 0 aliphatic carbocycles. The van der Waals surface area contributed by atoms with Crippen molar-refractivity contribution in [2.75, 3.05) is 6.54 Å². The first-order valence-corrected chi connectivity index (χ1v) is 5.71. The number of nitro groups is 1. The molecule has 98 valence electrons. The Hall–Kier alpha value is -1.96. The maximum Gasteiger partial charge on any atom is 0.433 e. The summed E-state index contributed by atoms with van der Waals surface area (Å²) in [6.07, 6.45) is 1.32. The van der Waals surface area contributed by atoms with Gasteiger partial charge in [0.05, 0.1) is 12.3 Å². The number of hydrogen-bond donors (Lipinski definition) is 2. The lowest BCUT2D eigenvalue weighted by Gasteiger charge is -2.08. The van der Waals surface area contributed by atoms with E-state index in [4.69, 9.17) is 16.6 Å². The van der Waals surface area contributed by atoms with Crippen molar-refractivity contribution in [3.05, 3.63) is 28.0 Å². The molecule has 0 atom stereocenters. The molecule has 0 saturated heterocycles. The Balaban J connectivity index is 2.39. The summed E-state index contributed by atoms with van der Waals surface area (Å²) in [7, 11) is 0. The minimum Gasteiger partial charge on any atom is -0.400 e. The Morgan fingerprint density at radius 3 is 2.94 bits per heavy atom. The third kappa shape index (κ3) is 4.91. The van der Waals surface area contributed by atoms with Gasteiger partial charge in [0, 0.05) is 6.54 Å². The predicted molar refractivity (Wildman–Crippen MR) is 71.5 cm³/mol. The summed E-state index contributed by atoms with van der Waals surface area (Å²) in [5, 5.41) is 17.5. The quantitative estimate of drug-likeness (QED) is 0.366. The van der Waals surface area contributed by atoms with Crippen molar-refractivity contribution in [3.8, 4) is 0 Å². The normalized spacial score (nSPS) is 10.8. The van der Waals surface area contributed by atoms with Crippen LogP contribution in [0.15, 0.2) is 21.7 Å². The monoisotopic (exact) mass is 270 g/mol. The first-order valence-electron chi connectivity index (χ1n) is 5.30. The molecule has 8 heteroatoms. The average Bonchev–Trinajstić information content (AvgIpc) is 2.75. The van der Waals surface area contributed by atoms with Crippen LogP contribution >= 0.6 is 12.2 Å². The molecule has 1 heterocycles. The number of hydrogen-bond acceptors (Lipinski definition) is 5. The molecular weight excluding hydrogens is 256 g/mol. The lowest BCUT2D eigenvalue weighted by atomic mass is 10.2. The molecule has 0 bridgehead atoms. The lowest BCUT2D eigenvalue weighted by molar-refractivity contribution is -0.402. The molecule has 0 unspecified atom stereocenters. The molecule has 7 nitrogen and oxygen atoms in total.